The summed E-state index contributed by atoms with van der Waals surface area (Å²) >= 11 is 0. The minimum atomic E-state index is -0.741. The SMILES string of the molecule is CCC=CCC=CCC=CCC=CCC=CC/C=C/CCC(=O)O. The number of aliphatic carboxylic acids is 1. The van der Waals surface area contributed by atoms with Gasteiger partial charge < -0.3 is 5.11 Å². The summed E-state index contributed by atoms with van der Waals surface area (Å²) in [6, 6.07) is 0. The van der Waals surface area contributed by atoms with Gasteiger partial charge in [-0.2, -0.15) is 0 Å². The average molecular weight is 328 g/mol. The highest BCUT2D eigenvalue weighted by Crippen LogP contribution is 1.97. The first-order valence-corrected chi connectivity index (χ1v) is 8.89. The minimum absolute atomic E-state index is 0.210. The number of rotatable bonds is 14. The molecule has 0 amide bonds. The van der Waals surface area contributed by atoms with Crippen molar-refractivity contribution in [1.82, 2.24) is 0 Å². The van der Waals surface area contributed by atoms with Crippen LogP contribution in [0.15, 0.2) is 72.9 Å². The second kappa shape index (κ2) is 19.0. The quantitative estimate of drug-likeness (QED) is 0.367. The van der Waals surface area contributed by atoms with Crippen molar-refractivity contribution < 1.29 is 9.90 Å². The Morgan fingerprint density at radius 3 is 1.29 bits per heavy atom. The molecule has 0 aliphatic carbocycles. The van der Waals surface area contributed by atoms with Gasteiger partial charge in [-0.05, 0) is 44.9 Å². The van der Waals surface area contributed by atoms with Crippen LogP contribution in [0.5, 0.6) is 0 Å². The summed E-state index contributed by atoms with van der Waals surface area (Å²) in [5, 5.41) is 8.49. The Hall–Kier alpha value is -2.09. The van der Waals surface area contributed by atoms with Gasteiger partial charge in [0.15, 0.2) is 0 Å². The van der Waals surface area contributed by atoms with Crippen molar-refractivity contribution in [1.29, 1.82) is 0 Å². The third kappa shape index (κ3) is 19.9. The fourth-order valence-electron chi connectivity index (χ4n) is 1.85. The summed E-state index contributed by atoms with van der Waals surface area (Å²) < 4.78 is 0. The Morgan fingerprint density at radius 2 is 0.958 bits per heavy atom. The number of hydrogen-bond donors (Lipinski definition) is 1. The van der Waals surface area contributed by atoms with Crippen LogP contribution < -0.4 is 0 Å². The molecule has 0 bridgehead atoms. The maximum atomic E-state index is 10.3. The number of carboxylic acid groups (broad SMARTS) is 1. The second-order valence-electron chi connectivity index (χ2n) is 5.35. The predicted octanol–water partition coefficient (Wildman–Crippen LogP) is 6.55. The van der Waals surface area contributed by atoms with Crippen molar-refractivity contribution in [2.75, 3.05) is 0 Å². The van der Waals surface area contributed by atoms with Gasteiger partial charge in [-0.15, -0.1) is 0 Å². The highest BCUT2D eigenvalue weighted by atomic mass is 16.4. The van der Waals surface area contributed by atoms with Gasteiger partial charge in [-0.3, -0.25) is 4.79 Å². The standard InChI is InChI=1S/C22H32O2/c1-2-3-4-5-6-7-8-9-10-11-12-13-14-15-16-17-18-19-20-21-22(23)24/h3-4,6-7,9-10,12-13,15-16,18-19H,2,5,8,11,14,17,20-21H2,1H3,(H,23,24)/b4-3?,7-6?,10-9?,13-12?,16-15?,19-18+. The van der Waals surface area contributed by atoms with E-state index in [9.17, 15) is 4.79 Å². The van der Waals surface area contributed by atoms with E-state index in [0.29, 0.717) is 6.42 Å². The molecule has 0 aliphatic heterocycles. The summed E-state index contributed by atoms with van der Waals surface area (Å²) in [5.41, 5.74) is 0. The third-order valence-electron chi connectivity index (χ3n) is 3.12. The van der Waals surface area contributed by atoms with E-state index < -0.39 is 5.97 Å². The molecule has 0 saturated carbocycles. The summed E-state index contributed by atoms with van der Waals surface area (Å²) in [4.78, 5) is 10.3. The zero-order valence-corrected chi connectivity index (χ0v) is 14.9. The predicted molar refractivity (Wildman–Crippen MR) is 105 cm³/mol. The molecule has 2 heteroatoms. The van der Waals surface area contributed by atoms with Crippen molar-refractivity contribution in [3.8, 4) is 0 Å². The average Bonchev–Trinajstić information content (AvgIpc) is 2.56. The summed E-state index contributed by atoms with van der Waals surface area (Å²) in [7, 11) is 0. The van der Waals surface area contributed by atoms with Gasteiger partial charge in [0.05, 0.1) is 0 Å². The molecule has 0 fully saturated rings. The molecule has 1 N–H and O–H groups in total. The summed E-state index contributed by atoms with van der Waals surface area (Å²) in [6.45, 7) is 2.15. The molecule has 0 heterocycles. The largest absolute Gasteiger partial charge is 0.481 e. The number of hydrogen-bond acceptors (Lipinski definition) is 1. The lowest BCUT2D eigenvalue weighted by Crippen LogP contribution is -1.91. The Labute approximate surface area is 147 Å². The first-order chi connectivity index (χ1) is 11.8. The Bertz CT molecular complexity index is 462. The fraction of sp³-hybridized carbons (Fsp3) is 0.409. The molecule has 0 aromatic heterocycles. The lowest BCUT2D eigenvalue weighted by molar-refractivity contribution is -0.136. The Kier molecular flexibility index (Phi) is 17.3. The first-order valence-electron chi connectivity index (χ1n) is 8.89. The molecule has 0 unspecified atom stereocenters. The molecule has 0 aromatic rings. The fourth-order valence-corrected chi connectivity index (χ4v) is 1.85. The molecule has 24 heavy (non-hydrogen) atoms. The normalized spacial score (nSPS) is 13.0. The van der Waals surface area contributed by atoms with Crippen LogP contribution in [0.2, 0.25) is 0 Å². The molecule has 132 valence electrons. The van der Waals surface area contributed by atoms with Gasteiger partial charge in [0, 0.05) is 6.42 Å². The van der Waals surface area contributed by atoms with Crippen LogP contribution in [-0.4, -0.2) is 11.1 Å². The highest BCUT2D eigenvalue weighted by molar-refractivity contribution is 5.66. The molecule has 0 atom stereocenters. The van der Waals surface area contributed by atoms with E-state index in [4.69, 9.17) is 5.11 Å². The van der Waals surface area contributed by atoms with Crippen molar-refractivity contribution in [3.63, 3.8) is 0 Å². The zero-order valence-electron chi connectivity index (χ0n) is 14.9. The van der Waals surface area contributed by atoms with Crippen LogP contribution in [0.4, 0.5) is 0 Å². The molecule has 0 rings (SSSR count). The van der Waals surface area contributed by atoms with Crippen molar-refractivity contribution >= 4 is 5.97 Å². The van der Waals surface area contributed by atoms with E-state index in [1.807, 2.05) is 12.2 Å². The molecule has 0 aromatic carbocycles. The molecular weight excluding hydrogens is 296 g/mol. The lowest BCUT2D eigenvalue weighted by atomic mass is 10.2. The van der Waals surface area contributed by atoms with E-state index >= 15 is 0 Å². The molecule has 0 spiro atoms. The van der Waals surface area contributed by atoms with Gasteiger partial charge in [0.25, 0.3) is 0 Å². The van der Waals surface area contributed by atoms with Gasteiger partial charge in [0.2, 0.25) is 0 Å². The van der Waals surface area contributed by atoms with Gasteiger partial charge in [-0.25, -0.2) is 0 Å². The van der Waals surface area contributed by atoms with E-state index in [1.54, 1.807) is 0 Å². The molecule has 2 nitrogen and oxygen atoms in total. The highest BCUT2D eigenvalue weighted by Gasteiger charge is 1.90. The molecule has 0 saturated heterocycles. The van der Waals surface area contributed by atoms with Crippen LogP contribution in [0.1, 0.15) is 58.3 Å². The van der Waals surface area contributed by atoms with E-state index in [2.05, 4.69) is 67.7 Å². The molecular formula is C22H32O2. The maximum Gasteiger partial charge on any atom is 0.303 e. The van der Waals surface area contributed by atoms with Crippen LogP contribution in [0.25, 0.3) is 0 Å². The minimum Gasteiger partial charge on any atom is -0.481 e. The molecule has 0 aliphatic rings. The van der Waals surface area contributed by atoms with Gasteiger partial charge >= 0.3 is 5.97 Å². The van der Waals surface area contributed by atoms with E-state index in [1.165, 1.54) is 0 Å². The van der Waals surface area contributed by atoms with Crippen molar-refractivity contribution in [3.05, 3.63) is 72.9 Å². The summed E-state index contributed by atoms with van der Waals surface area (Å²) in [6.07, 6.45) is 32.5. The van der Waals surface area contributed by atoms with E-state index in [-0.39, 0.29) is 6.42 Å². The van der Waals surface area contributed by atoms with Crippen LogP contribution in [-0.2, 0) is 4.79 Å². The van der Waals surface area contributed by atoms with Gasteiger partial charge in [-0.1, -0.05) is 79.8 Å². The Balaban J connectivity index is 3.51. The Morgan fingerprint density at radius 1 is 0.625 bits per heavy atom. The second-order valence-corrected chi connectivity index (χ2v) is 5.35. The molecule has 0 radical (unpaired) electrons. The number of allylic oxidation sites excluding steroid dienone is 12. The topological polar surface area (TPSA) is 37.3 Å². The van der Waals surface area contributed by atoms with Gasteiger partial charge in [0.1, 0.15) is 0 Å². The van der Waals surface area contributed by atoms with E-state index in [0.717, 1.165) is 38.5 Å². The maximum absolute atomic E-state index is 10.3. The van der Waals surface area contributed by atoms with Crippen LogP contribution >= 0.6 is 0 Å². The smallest absolute Gasteiger partial charge is 0.303 e. The third-order valence-corrected chi connectivity index (χ3v) is 3.12. The zero-order chi connectivity index (χ0) is 17.7. The van der Waals surface area contributed by atoms with Crippen molar-refractivity contribution in [2.24, 2.45) is 0 Å². The monoisotopic (exact) mass is 328 g/mol. The van der Waals surface area contributed by atoms with Crippen LogP contribution in [0.3, 0.4) is 0 Å². The first kappa shape index (κ1) is 21.9. The lowest BCUT2D eigenvalue weighted by Gasteiger charge is -1.87. The number of carboxylic acids is 1. The van der Waals surface area contributed by atoms with Crippen LogP contribution in [0, 0.1) is 0 Å². The summed E-state index contributed by atoms with van der Waals surface area (Å²) in [5.74, 6) is -0.741. The van der Waals surface area contributed by atoms with Crippen molar-refractivity contribution in [2.45, 2.75) is 58.3 Å². The number of carbonyl (C=O) groups is 1.